The average molecular weight is 630 g/mol. The van der Waals surface area contributed by atoms with Gasteiger partial charge in [0.25, 0.3) is 0 Å². The molecule has 0 unspecified atom stereocenters. The van der Waals surface area contributed by atoms with Gasteiger partial charge in [-0.3, -0.25) is 19.8 Å². The molecule has 1 aliphatic carbocycles. The number of aromatic nitrogens is 5. The predicted molar refractivity (Wildman–Crippen MR) is 182 cm³/mol. The highest BCUT2D eigenvalue weighted by molar-refractivity contribution is 6.01. The Morgan fingerprint density at radius 2 is 1.81 bits per heavy atom. The number of hydrogen-bond donors (Lipinski definition) is 3. The standard InChI is InChI=1S/C37H36FN7O2/c38-27-15-25(17-29(19-27)47-14-13-45-11-3-4-12-45)30-9-10-40-36-31(30)20-34(42-36)35-32-18-24(7-8-33(32)43-44-35)26-16-28(22-39-21-26)41-37(46)23-5-1-2-6-23/h7-10,15-23H,1-6,11-14H2,(H,40,42)(H,41,46)(H,43,44). The highest BCUT2D eigenvalue weighted by Gasteiger charge is 2.23. The van der Waals surface area contributed by atoms with Gasteiger partial charge in [0.15, 0.2) is 0 Å². The van der Waals surface area contributed by atoms with E-state index in [1.54, 1.807) is 18.6 Å². The van der Waals surface area contributed by atoms with Crippen LogP contribution < -0.4 is 10.1 Å². The molecule has 2 aromatic carbocycles. The fourth-order valence-corrected chi connectivity index (χ4v) is 7.00. The van der Waals surface area contributed by atoms with Gasteiger partial charge in [-0.1, -0.05) is 18.9 Å². The van der Waals surface area contributed by atoms with E-state index in [0.717, 1.165) is 95.2 Å². The zero-order valence-corrected chi connectivity index (χ0v) is 26.1. The molecular weight excluding hydrogens is 593 g/mol. The summed E-state index contributed by atoms with van der Waals surface area (Å²) in [5.41, 5.74) is 7.22. The number of pyridine rings is 2. The molecule has 4 aromatic heterocycles. The normalized spacial score (nSPS) is 15.6. The third-order valence-corrected chi connectivity index (χ3v) is 9.47. The van der Waals surface area contributed by atoms with Crippen molar-refractivity contribution in [3.63, 3.8) is 0 Å². The number of nitrogens with zero attached hydrogens (tertiary/aromatic N) is 4. The number of anilines is 1. The monoisotopic (exact) mass is 629 g/mol. The number of ether oxygens (including phenoxy) is 1. The first-order valence-electron chi connectivity index (χ1n) is 16.5. The van der Waals surface area contributed by atoms with Gasteiger partial charge in [0.05, 0.1) is 23.1 Å². The van der Waals surface area contributed by atoms with Crippen LogP contribution in [0.2, 0.25) is 0 Å². The van der Waals surface area contributed by atoms with Crippen LogP contribution in [0.3, 0.4) is 0 Å². The van der Waals surface area contributed by atoms with Crippen molar-refractivity contribution in [3.05, 3.63) is 79.0 Å². The maximum Gasteiger partial charge on any atom is 0.227 e. The largest absolute Gasteiger partial charge is 0.492 e. The van der Waals surface area contributed by atoms with Crippen molar-refractivity contribution in [2.24, 2.45) is 5.92 Å². The molecule has 10 heteroatoms. The molecule has 9 nitrogen and oxygen atoms in total. The molecule has 0 spiro atoms. The van der Waals surface area contributed by atoms with Gasteiger partial charge in [0.2, 0.25) is 5.91 Å². The van der Waals surface area contributed by atoms with E-state index in [1.165, 1.54) is 25.0 Å². The molecule has 0 radical (unpaired) electrons. The Hall–Kier alpha value is -5.09. The second-order valence-corrected chi connectivity index (χ2v) is 12.6. The first-order valence-corrected chi connectivity index (χ1v) is 16.5. The fourth-order valence-electron chi connectivity index (χ4n) is 7.00. The van der Waals surface area contributed by atoms with Crippen LogP contribution in [0.4, 0.5) is 10.1 Å². The Bertz CT molecular complexity index is 2070. The summed E-state index contributed by atoms with van der Waals surface area (Å²) in [4.78, 5) is 27.5. The Morgan fingerprint density at radius 3 is 2.68 bits per heavy atom. The zero-order valence-electron chi connectivity index (χ0n) is 26.1. The number of rotatable bonds is 9. The van der Waals surface area contributed by atoms with Gasteiger partial charge in [-0.2, -0.15) is 5.10 Å². The molecule has 3 N–H and O–H groups in total. The van der Waals surface area contributed by atoms with Gasteiger partial charge in [-0.25, -0.2) is 9.37 Å². The quantitative estimate of drug-likeness (QED) is 0.152. The van der Waals surface area contributed by atoms with Crippen molar-refractivity contribution < 1.29 is 13.9 Å². The highest BCUT2D eigenvalue weighted by Crippen LogP contribution is 2.36. The summed E-state index contributed by atoms with van der Waals surface area (Å²) in [6, 6.07) is 16.8. The Morgan fingerprint density at radius 1 is 0.936 bits per heavy atom. The molecule has 1 saturated heterocycles. The Balaban J connectivity index is 1.08. The number of H-pyrrole nitrogens is 2. The van der Waals surface area contributed by atoms with Crippen molar-refractivity contribution in [2.75, 3.05) is 31.6 Å². The van der Waals surface area contributed by atoms with Crippen LogP contribution in [0.5, 0.6) is 5.75 Å². The van der Waals surface area contributed by atoms with E-state index in [-0.39, 0.29) is 17.6 Å². The van der Waals surface area contributed by atoms with Gasteiger partial charge < -0.3 is 15.0 Å². The van der Waals surface area contributed by atoms with Crippen molar-refractivity contribution >= 4 is 33.5 Å². The van der Waals surface area contributed by atoms with E-state index in [0.29, 0.717) is 23.7 Å². The van der Waals surface area contributed by atoms with Crippen molar-refractivity contribution in [3.8, 4) is 39.4 Å². The molecule has 6 aromatic rings. The number of hydrogen-bond acceptors (Lipinski definition) is 6. The summed E-state index contributed by atoms with van der Waals surface area (Å²) in [5, 5.41) is 12.6. The minimum Gasteiger partial charge on any atom is -0.492 e. The second kappa shape index (κ2) is 12.6. The van der Waals surface area contributed by atoms with Gasteiger partial charge in [0.1, 0.15) is 29.5 Å². The molecule has 1 saturated carbocycles. The molecule has 2 fully saturated rings. The smallest absolute Gasteiger partial charge is 0.227 e. The lowest BCUT2D eigenvalue weighted by Crippen LogP contribution is -2.25. The Labute approximate surface area is 271 Å². The summed E-state index contributed by atoms with van der Waals surface area (Å²) in [7, 11) is 0. The summed E-state index contributed by atoms with van der Waals surface area (Å²) in [6.07, 6.45) is 11.8. The van der Waals surface area contributed by atoms with Crippen LogP contribution in [0, 0.1) is 11.7 Å². The van der Waals surface area contributed by atoms with Gasteiger partial charge in [0, 0.05) is 47.3 Å². The van der Waals surface area contributed by atoms with Crippen LogP contribution >= 0.6 is 0 Å². The summed E-state index contributed by atoms with van der Waals surface area (Å²) in [6.45, 7) is 3.55. The summed E-state index contributed by atoms with van der Waals surface area (Å²) >= 11 is 0. The zero-order chi connectivity index (χ0) is 31.7. The first kappa shape index (κ1) is 29.3. The first-order chi connectivity index (χ1) is 23.1. The lowest BCUT2D eigenvalue weighted by Gasteiger charge is -2.15. The van der Waals surface area contributed by atoms with E-state index in [1.807, 2.05) is 36.4 Å². The number of likely N-dealkylation sites (tertiary alicyclic amines) is 1. The molecule has 8 rings (SSSR count). The summed E-state index contributed by atoms with van der Waals surface area (Å²) in [5.74, 6) is 0.320. The Kier molecular flexibility index (Phi) is 7.86. The molecule has 5 heterocycles. The molecule has 1 amide bonds. The number of aromatic amines is 2. The van der Waals surface area contributed by atoms with Crippen LogP contribution in [0.25, 0.3) is 55.6 Å². The molecule has 0 bridgehead atoms. The van der Waals surface area contributed by atoms with Crippen LogP contribution in [0.15, 0.2) is 73.2 Å². The molecule has 2 aliphatic rings. The average Bonchev–Trinajstić information content (AvgIpc) is 3.91. The van der Waals surface area contributed by atoms with E-state index < -0.39 is 0 Å². The maximum absolute atomic E-state index is 14.8. The highest BCUT2D eigenvalue weighted by atomic mass is 19.1. The lowest BCUT2D eigenvalue weighted by atomic mass is 10.0. The van der Waals surface area contributed by atoms with E-state index >= 15 is 0 Å². The minimum atomic E-state index is -0.345. The topological polar surface area (TPSA) is 112 Å². The molecule has 0 atom stereocenters. The number of amides is 1. The van der Waals surface area contributed by atoms with Crippen molar-refractivity contribution in [1.82, 2.24) is 30.0 Å². The molecular formula is C37H36FN7O2. The SMILES string of the molecule is O=C(Nc1cncc(-c2ccc3[nH]nc(-c4cc5c(-c6cc(F)cc(OCCN7CCCC7)c6)ccnc5[nH]4)c3c2)c1)C1CCCC1. The number of benzene rings is 2. The van der Waals surface area contributed by atoms with Gasteiger partial charge in [-0.05, 0) is 97.9 Å². The summed E-state index contributed by atoms with van der Waals surface area (Å²) < 4.78 is 20.8. The van der Waals surface area contributed by atoms with Gasteiger partial charge >= 0.3 is 0 Å². The van der Waals surface area contributed by atoms with E-state index in [4.69, 9.17) is 4.74 Å². The number of nitrogens with one attached hydrogen (secondary N) is 3. The van der Waals surface area contributed by atoms with Crippen LogP contribution in [0.1, 0.15) is 38.5 Å². The number of carbonyl (C=O) groups is 1. The van der Waals surface area contributed by atoms with E-state index in [9.17, 15) is 9.18 Å². The van der Waals surface area contributed by atoms with Gasteiger partial charge in [-0.15, -0.1) is 0 Å². The minimum absolute atomic E-state index is 0.0697. The third-order valence-electron chi connectivity index (χ3n) is 9.47. The predicted octanol–water partition coefficient (Wildman–Crippen LogP) is 7.58. The van der Waals surface area contributed by atoms with Crippen molar-refractivity contribution in [2.45, 2.75) is 38.5 Å². The van der Waals surface area contributed by atoms with Crippen LogP contribution in [-0.4, -0.2) is 62.2 Å². The number of halogens is 1. The number of fused-ring (bicyclic) bond motifs is 2. The molecule has 1 aliphatic heterocycles. The maximum atomic E-state index is 14.8. The lowest BCUT2D eigenvalue weighted by molar-refractivity contribution is -0.119. The third kappa shape index (κ3) is 6.08. The van der Waals surface area contributed by atoms with Crippen LogP contribution in [-0.2, 0) is 4.79 Å². The fraction of sp³-hybridized carbons (Fsp3) is 0.297. The van der Waals surface area contributed by atoms with E-state index in [2.05, 4.69) is 41.4 Å². The molecule has 238 valence electrons. The van der Waals surface area contributed by atoms with Crippen molar-refractivity contribution in [1.29, 1.82) is 0 Å². The molecule has 47 heavy (non-hydrogen) atoms. The second-order valence-electron chi connectivity index (χ2n) is 12.6. The number of carbonyl (C=O) groups excluding carboxylic acids is 1.